The van der Waals surface area contributed by atoms with E-state index in [0.717, 1.165) is 63.6 Å². The van der Waals surface area contributed by atoms with Crippen molar-refractivity contribution in [2.45, 2.75) is 12.8 Å². The summed E-state index contributed by atoms with van der Waals surface area (Å²) in [6.07, 6.45) is 7.59. The predicted octanol–water partition coefficient (Wildman–Crippen LogP) is 2.04. The molecule has 4 rings (SSSR count). The van der Waals surface area contributed by atoms with Crippen LogP contribution in [0.15, 0.2) is 42.9 Å². The van der Waals surface area contributed by atoms with Gasteiger partial charge in [0.1, 0.15) is 5.82 Å². The van der Waals surface area contributed by atoms with Crippen LogP contribution in [-0.2, 0) is 0 Å². The van der Waals surface area contributed by atoms with E-state index in [9.17, 15) is 4.79 Å². The molecular weight excluding hydrogens is 314 g/mol. The van der Waals surface area contributed by atoms with Gasteiger partial charge in [-0.05, 0) is 31.0 Å². The van der Waals surface area contributed by atoms with Crippen LogP contribution < -0.4 is 9.80 Å². The van der Waals surface area contributed by atoms with E-state index in [0.29, 0.717) is 5.56 Å². The van der Waals surface area contributed by atoms with Crippen LogP contribution in [0.25, 0.3) is 0 Å². The summed E-state index contributed by atoms with van der Waals surface area (Å²) in [5.74, 6) is 1.14. The van der Waals surface area contributed by atoms with Gasteiger partial charge in [-0.3, -0.25) is 9.78 Å². The minimum atomic E-state index is 0.110. The van der Waals surface area contributed by atoms with Crippen LogP contribution in [-0.4, -0.2) is 60.0 Å². The lowest BCUT2D eigenvalue weighted by molar-refractivity contribution is 0.0792. The summed E-state index contributed by atoms with van der Waals surface area (Å²) in [6, 6.07) is 8.00. The van der Waals surface area contributed by atoms with Crippen LogP contribution in [0.2, 0.25) is 0 Å². The van der Waals surface area contributed by atoms with E-state index in [1.165, 1.54) is 0 Å². The number of hydrogen-bond acceptors (Lipinski definition) is 5. The Morgan fingerprint density at radius 1 is 0.920 bits per heavy atom. The molecule has 0 radical (unpaired) electrons. The van der Waals surface area contributed by atoms with Crippen molar-refractivity contribution in [1.29, 1.82) is 0 Å². The maximum atomic E-state index is 12.6. The number of aromatic nitrogens is 2. The molecular formula is C19H23N5O. The number of amides is 1. The number of likely N-dealkylation sites (tertiary alicyclic amines) is 1. The molecule has 0 aromatic carbocycles. The Labute approximate surface area is 148 Å². The van der Waals surface area contributed by atoms with Crippen molar-refractivity contribution in [3.63, 3.8) is 0 Å². The molecule has 2 fully saturated rings. The SMILES string of the molecule is O=C(c1cncc(N2CCN(c3ccccn3)CC2)c1)N1CCCC1. The first kappa shape index (κ1) is 15.9. The van der Waals surface area contributed by atoms with E-state index in [1.807, 2.05) is 41.6 Å². The highest BCUT2D eigenvalue weighted by atomic mass is 16.2. The van der Waals surface area contributed by atoms with Crippen LogP contribution in [0.4, 0.5) is 11.5 Å². The van der Waals surface area contributed by atoms with Crippen LogP contribution in [0.3, 0.4) is 0 Å². The lowest BCUT2D eigenvalue weighted by Crippen LogP contribution is -2.46. The van der Waals surface area contributed by atoms with E-state index in [2.05, 4.69) is 19.8 Å². The molecule has 0 atom stereocenters. The molecule has 2 aromatic rings. The lowest BCUT2D eigenvalue weighted by Gasteiger charge is -2.36. The van der Waals surface area contributed by atoms with E-state index in [4.69, 9.17) is 0 Å². The zero-order valence-corrected chi connectivity index (χ0v) is 14.3. The van der Waals surface area contributed by atoms with Crippen molar-refractivity contribution in [1.82, 2.24) is 14.9 Å². The van der Waals surface area contributed by atoms with Crippen LogP contribution in [0.5, 0.6) is 0 Å². The fraction of sp³-hybridized carbons (Fsp3) is 0.421. The van der Waals surface area contributed by atoms with Gasteiger partial charge in [-0.1, -0.05) is 6.07 Å². The maximum absolute atomic E-state index is 12.6. The van der Waals surface area contributed by atoms with Crippen molar-refractivity contribution in [2.75, 3.05) is 49.1 Å². The number of carbonyl (C=O) groups excluding carboxylic acids is 1. The second-order valence-electron chi connectivity index (χ2n) is 6.59. The number of hydrogen-bond donors (Lipinski definition) is 0. The third kappa shape index (κ3) is 3.43. The molecule has 2 aliphatic rings. The van der Waals surface area contributed by atoms with Crippen LogP contribution >= 0.6 is 0 Å². The summed E-state index contributed by atoms with van der Waals surface area (Å²) in [5, 5.41) is 0. The minimum absolute atomic E-state index is 0.110. The molecule has 1 amide bonds. The molecule has 2 aliphatic heterocycles. The average Bonchev–Trinajstić information content (AvgIpc) is 3.23. The maximum Gasteiger partial charge on any atom is 0.255 e. The van der Waals surface area contributed by atoms with E-state index < -0.39 is 0 Å². The Kier molecular flexibility index (Phi) is 4.50. The summed E-state index contributed by atoms with van der Waals surface area (Å²) < 4.78 is 0. The second-order valence-corrected chi connectivity index (χ2v) is 6.59. The summed E-state index contributed by atoms with van der Waals surface area (Å²) in [7, 11) is 0. The van der Waals surface area contributed by atoms with Gasteiger partial charge in [0, 0.05) is 51.7 Å². The zero-order chi connectivity index (χ0) is 17.1. The summed E-state index contributed by atoms with van der Waals surface area (Å²) in [5.41, 5.74) is 1.73. The van der Waals surface area contributed by atoms with Crippen LogP contribution in [0.1, 0.15) is 23.2 Å². The van der Waals surface area contributed by atoms with Gasteiger partial charge in [0.05, 0.1) is 17.4 Å². The fourth-order valence-corrected chi connectivity index (χ4v) is 3.56. The Morgan fingerprint density at radius 2 is 1.68 bits per heavy atom. The molecule has 0 aliphatic carbocycles. The molecule has 0 bridgehead atoms. The van der Waals surface area contributed by atoms with Crippen molar-refractivity contribution in [3.05, 3.63) is 48.4 Å². The largest absolute Gasteiger partial charge is 0.367 e. The van der Waals surface area contributed by atoms with Crippen molar-refractivity contribution in [3.8, 4) is 0 Å². The fourth-order valence-electron chi connectivity index (χ4n) is 3.56. The van der Waals surface area contributed by atoms with E-state index >= 15 is 0 Å². The first-order valence-corrected chi connectivity index (χ1v) is 8.96. The van der Waals surface area contributed by atoms with Crippen molar-refractivity contribution < 1.29 is 4.79 Å². The summed E-state index contributed by atoms with van der Waals surface area (Å²) in [6.45, 7) is 5.37. The first-order valence-electron chi connectivity index (χ1n) is 8.96. The van der Waals surface area contributed by atoms with Gasteiger partial charge in [0.2, 0.25) is 0 Å². The monoisotopic (exact) mass is 337 g/mol. The lowest BCUT2D eigenvalue weighted by atomic mass is 10.2. The number of piperazine rings is 1. The van der Waals surface area contributed by atoms with Gasteiger partial charge in [-0.2, -0.15) is 0 Å². The topological polar surface area (TPSA) is 52.6 Å². The molecule has 2 aromatic heterocycles. The first-order chi connectivity index (χ1) is 12.3. The Morgan fingerprint density at radius 3 is 2.40 bits per heavy atom. The molecule has 0 spiro atoms. The average molecular weight is 337 g/mol. The molecule has 6 heteroatoms. The Bertz CT molecular complexity index is 722. The van der Waals surface area contributed by atoms with Gasteiger partial charge in [-0.15, -0.1) is 0 Å². The normalized spacial score (nSPS) is 17.8. The van der Waals surface area contributed by atoms with Gasteiger partial charge < -0.3 is 14.7 Å². The minimum Gasteiger partial charge on any atom is -0.367 e. The van der Waals surface area contributed by atoms with Gasteiger partial charge in [-0.25, -0.2) is 4.98 Å². The standard InChI is InChI=1S/C19H23N5O/c25-19(24-7-3-4-8-24)16-13-17(15-20-14-16)22-9-11-23(12-10-22)18-5-1-2-6-21-18/h1-2,5-6,13-15H,3-4,7-12H2. The number of pyridine rings is 2. The predicted molar refractivity (Wildman–Crippen MR) is 98.0 cm³/mol. The summed E-state index contributed by atoms with van der Waals surface area (Å²) in [4.78, 5) is 27.8. The van der Waals surface area contributed by atoms with E-state index in [1.54, 1.807) is 6.20 Å². The summed E-state index contributed by atoms with van der Waals surface area (Å²) >= 11 is 0. The van der Waals surface area contributed by atoms with E-state index in [-0.39, 0.29) is 5.91 Å². The highest BCUT2D eigenvalue weighted by Crippen LogP contribution is 2.21. The molecule has 0 saturated carbocycles. The van der Waals surface area contributed by atoms with Crippen LogP contribution in [0, 0.1) is 0 Å². The van der Waals surface area contributed by atoms with Gasteiger partial charge in [0.25, 0.3) is 5.91 Å². The zero-order valence-electron chi connectivity index (χ0n) is 14.3. The molecule has 2 saturated heterocycles. The third-order valence-corrected chi connectivity index (χ3v) is 4.98. The molecule has 6 nitrogen and oxygen atoms in total. The quantitative estimate of drug-likeness (QED) is 0.858. The van der Waals surface area contributed by atoms with Gasteiger partial charge in [0.15, 0.2) is 0 Å². The number of anilines is 2. The second kappa shape index (κ2) is 7.09. The molecule has 4 heterocycles. The Balaban J connectivity index is 1.43. The number of nitrogens with zero attached hydrogens (tertiary/aromatic N) is 5. The molecule has 0 unspecified atom stereocenters. The van der Waals surface area contributed by atoms with Crippen molar-refractivity contribution >= 4 is 17.4 Å². The van der Waals surface area contributed by atoms with Crippen molar-refractivity contribution in [2.24, 2.45) is 0 Å². The number of carbonyl (C=O) groups is 1. The highest BCUT2D eigenvalue weighted by Gasteiger charge is 2.22. The molecule has 25 heavy (non-hydrogen) atoms. The number of rotatable bonds is 3. The highest BCUT2D eigenvalue weighted by molar-refractivity contribution is 5.95. The Hall–Kier alpha value is -2.63. The third-order valence-electron chi connectivity index (χ3n) is 4.98. The van der Waals surface area contributed by atoms with Gasteiger partial charge >= 0.3 is 0 Å². The molecule has 0 N–H and O–H groups in total. The smallest absolute Gasteiger partial charge is 0.255 e. The molecule has 130 valence electrons.